The van der Waals surface area contributed by atoms with Crippen LogP contribution in [-0.2, 0) is 10.2 Å². The van der Waals surface area contributed by atoms with E-state index in [9.17, 15) is 8.42 Å². The lowest BCUT2D eigenvalue weighted by molar-refractivity contribution is 0.194. The van der Waals surface area contributed by atoms with Gasteiger partial charge >= 0.3 is 0 Å². The summed E-state index contributed by atoms with van der Waals surface area (Å²) in [5.74, 6) is 0.994. The fourth-order valence-corrected chi connectivity index (χ4v) is 4.06. The lowest BCUT2D eigenvalue weighted by atomic mass is 9.96. The number of hydrogen-bond acceptors (Lipinski definition) is 3. The quantitative estimate of drug-likeness (QED) is 0.701. The lowest BCUT2D eigenvalue weighted by Gasteiger charge is -2.33. The number of nitrogens with one attached hydrogen (secondary N) is 1. The summed E-state index contributed by atoms with van der Waals surface area (Å²) in [5, 5.41) is 0. The van der Waals surface area contributed by atoms with Crippen molar-refractivity contribution in [2.24, 2.45) is 11.8 Å². The first kappa shape index (κ1) is 22.1. The molecule has 2 rings (SSSR count). The smallest absolute Gasteiger partial charge is 0.278 e. The van der Waals surface area contributed by atoms with Crippen molar-refractivity contribution in [1.82, 2.24) is 13.9 Å². The molecule has 0 spiro atoms. The summed E-state index contributed by atoms with van der Waals surface area (Å²) in [7, 11) is -0.232. The monoisotopic (exact) mass is 393 g/mol. The molecule has 0 bridgehead atoms. The third-order valence-corrected chi connectivity index (χ3v) is 6.51. The molecule has 0 unspecified atom stereocenters. The molecule has 1 aliphatic heterocycles. The zero-order valence-corrected chi connectivity index (χ0v) is 18.0. The van der Waals surface area contributed by atoms with Gasteiger partial charge in [-0.25, -0.2) is 4.72 Å². The van der Waals surface area contributed by atoms with E-state index in [1.54, 1.807) is 14.1 Å². The molecule has 0 aliphatic carbocycles. The Morgan fingerprint density at radius 3 is 2.63 bits per heavy atom. The summed E-state index contributed by atoms with van der Waals surface area (Å²) in [6, 6.07) is 10.6. The number of benzene rings is 1. The van der Waals surface area contributed by atoms with E-state index in [-0.39, 0.29) is 0 Å². The predicted octanol–water partition coefficient (Wildman–Crippen LogP) is 3.22. The van der Waals surface area contributed by atoms with E-state index in [4.69, 9.17) is 0 Å². The first-order valence-corrected chi connectivity index (χ1v) is 11.4. The van der Waals surface area contributed by atoms with Crippen molar-refractivity contribution < 1.29 is 8.42 Å². The fraction of sp³-hybridized carbons (Fsp3) is 0.619. The summed E-state index contributed by atoms with van der Waals surface area (Å²) in [5.41, 5.74) is 2.66. The third kappa shape index (κ3) is 7.37. The van der Waals surface area contributed by atoms with E-state index < -0.39 is 10.2 Å². The molecule has 0 radical (unpaired) electrons. The first-order chi connectivity index (χ1) is 12.8. The van der Waals surface area contributed by atoms with Crippen LogP contribution in [0.5, 0.6) is 0 Å². The van der Waals surface area contributed by atoms with Crippen LogP contribution in [-0.4, -0.2) is 57.9 Å². The molecule has 152 valence electrons. The van der Waals surface area contributed by atoms with Gasteiger partial charge in [-0.05, 0) is 48.8 Å². The van der Waals surface area contributed by atoms with Gasteiger partial charge in [-0.1, -0.05) is 50.3 Å². The zero-order chi connectivity index (χ0) is 19.9. The van der Waals surface area contributed by atoms with Crippen LogP contribution in [0, 0.1) is 11.8 Å². The van der Waals surface area contributed by atoms with Gasteiger partial charge in [0.2, 0.25) is 0 Å². The summed E-state index contributed by atoms with van der Waals surface area (Å²) < 4.78 is 27.9. The lowest BCUT2D eigenvalue weighted by Crippen LogP contribution is -2.44. The maximum Gasteiger partial charge on any atom is 0.278 e. The molecule has 0 amide bonds. The Balaban J connectivity index is 2.00. The maximum atomic E-state index is 12.0. The molecule has 1 fully saturated rings. The molecular weight excluding hydrogens is 358 g/mol. The van der Waals surface area contributed by atoms with Gasteiger partial charge in [-0.15, -0.1) is 0 Å². The summed E-state index contributed by atoms with van der Waals surface area (Å²) in [6.45, 7) is 7.92. The predicted molar refractivity (Wildman–Crippen MR) is 114 cm³/mol. The van der Waals surface area contributed by atoms with E-state index in [0.717, 1.165) is 38.9 Å². The highest BCUT2D eigenvalue weighted by Crippen LogP contribution is 2.22. The van der Waals surface area contributed by atoms with Crippen LogP contribution in [0.3, 0.4) is 0 Å². The number of rotatable bonds is 9. The van der Waals surface area contributed by atoms with Crippen molar-refractivity contribution in [2.75, 3.05) is 40.3 Å². The standard InChI is InChI=1S/C21H35N3O2S/c1-18(2)12-13-21(20-10-6-5-7-11-20)17-24-14-8-9-19(16-24)15-22-27(25,26)23(3)4/h5-7,10-11,13,18-19,22H,8-9,12,14-17H2,1-4H3/b21-13+/t19-/m0/s1. The van der Waals surface area contributed by atoms with E-state index in [0.29, 0.717) is 18.4 Å². The summed E-state index contributed by atoms with van der Waals surface area (Å²) >= 11 is 0. The molecule has 5 nitrogen and oxygen atoms in total. The van der Waals surface area contributed by atoms with E-state index in [2.05, 4.69) is 59.9 Å². The molecule has 1 saturated heterocycles. The molecule has 1 N–H and O–H groups in total. The topological polar surface area (TPSA) is 52.7 Å². The molecule has 1 aromatic carbocycles. The van der Waals surface area contributed by atoms with Crippen LogP contribution >= 0.6 is 0 Å². The Kier molecular flexibility index (Phi) is 8.48. The highest BCUT2D eigenvalue weighted by Gasteiger charge is 2.23. The molecule has 27 heavy (non-hydrogen) atoms. The highest BCUT2D eigenvalue weighted by molar-refractivity contribution is 7.87. The van der Waals surface area contributed by atoms with Crippen molar-refractivity contribution in [2.45, 2.75) is 33.1 Å². The van der Waals surface area contributed by atoms with Gasteiger partial charge in [-0.2, -0.15) is 12.7 Å². The summed E-state index contributed by atoms with van der Waals surface area (Å²) in [4.78, 5) is 2.47. The number of nitrogens with zero attached hydrogens (tertiary/aromatic N) is 2. The van der Waals surface area contributed by atoms with Crippen molar-refractivity contribution in [3.63, 3.8) is 0 Å². The average Bonchev–Trinajstić information content (AvgIpc) is 2.64. The largest absolute Gasteiger partial charge is 0.299 e. The van der Waals surface area contributed by atoms with Crippen LogP contribution < -0.4 is 4.72 Å². The van der Waals surface area contributed by atoms with Crippen LogP contribution in [0.1, 0.15) is 38.7 Å². The van der Waals surface area contributed by atoms with Gasteiger partial charge in [0.15, 0.2) is 0 Å². The second-order valence-corrected chi connectivity index (χ2v) is 10.1. The summed E-state index contributed by atoms with van der Waals surface area (Å²) in [6.07, 6.45) is 5.63. The third-order valence-electron chi connectivity index (χ3n) is 5.01. The highest BCUT2D eigenvalue weighted by atomic mass is 32.2. The van der Waals surface area contributed by atoms with Crippen molar-refractivity contribution in [3.8, 4) is 0 Å². The number of allylic oxidation sites excluding steroid dienone is 1. The number of likely N-dealkylation sites (tertiary alicyclic amines) is 1. The van der Waals surface area contributed by atoms with Gasteiger partial charge in [0.1, 0.15) is 0 Å². The normalized spacial score (nSPS) is 19.8. The molecule has 1 aliphatic rings. The van der Waals surface area contributed by atoms with Gasteiger partial charge < -0.3 is 0 Å². The minimum absolute atomic E-state index is 0.357. The van der Waals surface area contributed by atoms with E-state index in [1.807, 2.05) is 0 Å². The Labute approximate surface area is 165 Å². The van der Waals surface area contributed by atoms with Gasteiger partial charge in [0, 0.05) is 33.7 Å². The minimum Gasteiger partial charge on any atom is -0.299 e. The Bertz CT molecular complexity index is 699. The average molecular weight is 394 g/mol. The molecule has 6 heteroatoms. The van der Waals surface area contributed by atoms with E-state index >= 15 is 0 Å². The molecule has 1 aromatic rings. The molecule has 1 atom stereocenters. The van der Waals surface area contributed by atoms with Crippen molar-refractivity contribution in [3.05, 3.63) is 42.0 Å². The molecule has 0 aromatic heterocycles. The van der Waals surface area contributed by atoms with Gasteiger partial charge in [0.05, 0.1) is 0 Å². The second-order valence-electron chi connectivity index (χ2n) is 8.10. The van der Waals surface area contributed by atoms with Gasteiger partial charge in [0.25, 0.3) is 10.2 Å². The van der Waals surface area contributed by atoms with Crippen molar-refractivity contribution >= 4 is 15.8 Å². The zero-order valence-electron chi connectivity index (χ0n) is 17.2. The molecule has 1 heterocycles. The van der Waals surface area contributed by atoms with E-state index in [1.165, 1.54) is 15.4 Å². The fourth-order valence-electron chi connectivity index (χ4n) is 3.36. The van der Waals surface area contributed by atoms with Crippen LogP contribution in [0.4, 0.5) is 0 Å². The van der Waals surface area contributed by atoms with Crippen molar-refractivity contribution in [1.29, 1.82) is 0 Å². The maximum absolute atomic E-state index is 12.0. The number of hydrogen-bond donors (Lipinski definition) is 1. The van der Waals surface area contributed by atoms with Crippen LogP contribution in [0.2, 0.25) is 0 Å². The number of piperidine rings is 1. The molecular formula is C21H35N3O2S. The second kappa shape index (κ2) is 10.4. The Morgan fingerprint density at radius 1 is 1.30 bits per heavy atom. The Hall–Kier alpha value is -1.21. The van der Waals surface area contributed by atoms with Crippen LogP contribution in [0.25, 0.3) is 5.57 Å². The minimum atomic E-state index is -3.35. The SMILES string of the molecule is CC(C)C/C=C(\CN1CCC[C@@H](CNS(=O)(=O)N(C)C)C1)c1ccccc1. The van der Waals surface area contributed by atoms with Crippen LogP contribution in [0.15, 0.2) is 36.4 Å². The first-order valence-electron chi connectivity index (χ1n) is 9.92. The molecule has 0 saturated carbocycles. The Morgan fingerprint density at radius 2 is 2.00 bits per heavy atom. The van der Waals surface area contributed by atoms with Gasteiger partial charge in [-0.3, -0.25) is 4.90 Å².